The lowest BCUT2D eigenvalue weighted by Crippen LogP contribution is -2.56. The van der Waals surface area contributed by atoms with E-state index < -0.39 is 12.1 Å². The Hall–Kier alpha value is -3.36. The van der Waals surface area contributed by atoms with Crippen molar-refractivity contribution in [3.63, 3.8) is 0 Å². The maximum absolute atomic E-state index is 13.2. The summed E-state index contributed by atoms with van der Waals surface area (Å²) in [6, 6.07) is 8.30. The number of fused-ring (bicyclic) bond motifs is 2. The number of carbonyl (C=O) groups excluding carboxylic acids is 2. The molecule has 3 saturated heterocycles. The van der Waals surface area contributed by atoms with Crippen molar-refractivity contribution in [3.05, 3.63) is 24.3 Å². The summed E-state index contributed by atoms with van der Waals surface area (Å²) >= 11 is 0. The number of nitriles is 1. The van der Waals surface area contributed by atoms with Gasteiger partial charge in [0.15, 0.2) is 0 Å². The highest BCUT2D eigenvalue weighted by Crippen LogP contribution is 2.36. The molecule has 2 aromatic rings. The normalized spacial score (nSPS) is 28.3. The van der Waals surface area contributed by atoms with Gasteiger partial charge in [-0.1, -0.05) is 19.1 Å². The van der Waals surface area contributed by atoms with E-state index in [1.165, 1.54) is 0 Å². The van der Waals surface area contributed by atoms with Crippen LogP contribution in [0, 0.1) is 17.2 Å². The highest BCUT2D eigenvalue weighted by atomic mass is 16.2. The molecule has 4 heterocycles. The summed E-state index contributed by atoms with van der Waals surface area (Å²) in [6.45, 7) is 3.55. The van der Waals surface area contributed by atoms with Crippen molar-refractivity contribution in [3.8, 4) is 17.5 Å². The Morgan fingerprint density at radius 2 is 2.22 bits per heavy atom. The number of aromatic amines is 1. The average molecular weight is 435 g/mol. The summed E-state index contributed by atoms with van der Waals surface area (Å²) in [7, 11) is 0. The topological polar surface area (TPSA) is 148 Å². The van der Waals surface area contributed by atoms with Gasteiger partial charge in [-0.2, -0.15) is 10.5 Å². The van der Waals surface area contributed by atoms with Gasteiger partial charge in [-0.05, 0) is 36.1 Å². The number of nitrogens with zero attached hydrogens (tertiary/aromatic N) is 7. The van der Waals surface area contributed by atoms with E-state index in [9.17, 15) is 14.9 Å². The Kier molecular flexibility index (Phi) is 5.11. The van der Waals surface area contributed by atoms with E-state index in [2.05, 4.69) is 26.7 Å². The number of nitrogens with one attached hydrogen (secondary N) is 1. The predicted molar refractivity (Wildman–Crippen MR) is 114 cm³/mol. The quantitative estimate of drug-likeness (QED) is 0.653. The SMILES string of the molecule is CC1CC(C#N)N(C(=O)C(N)CN2C[C@@H]3CC2C(=O)N3c2cccc(-c3nn[nH]n3)c2)C1. The summed E-state index contributed by atoms with van der Waals surface area (Å²) in [5, 5.41) is 23.4. The maximum atomic E-state index is 13.2. The van der Waals surface area contributed by atoms with Gasteiger partial charge in [-0.3, -0.25) is 14.5 Å². The third-order valence-electron chi connectivity index (χ3n) is 6.69. The second-order valence-corrected chi connectivity index (χ2v) is 8.94. The number of likely N-dealkylation sites (tertiary alicyclic amines) is 2. The van der Waals surface area contributed by atoms with Crippen molar-refractivity contribution in [1.82, 2.24) is 30.4 Å². The molecule has 11 nitrogen and oxygen atoms in total. The number of hydrogen-bond acceptors (Lipinski definition) is 8. The Balaban J connectivity index is 1.26. The molecule has 5 rings (SSSR count). The number of nitrogens with two attached hydrogens (primary N) is 1. The molecule has 3 aliphatic heterocycles. The minimum Gasteiger partial charge on any atom is -0.325 e. The van der Waals surface area contributed by atoms with Gasteiger partial charge in [0, 0.05) is 30.9 Å². The van der Waals surface area contributed by atoms with Crippen LogP contribution in [0.25, 0.3) is 11.4 Å². The van der Waals surface area contributed by atoms with Crippen LogP contribution in [-0.4, -0.2) is 86.0 Å². The molecule has 32 heavy (non-hydrogen) atoms. The standard InChI is InChI=1S/C21H25N9O2/c1-12-5-15(8-22)29(9-12)20(31)17(23)11-28-10-16-7-18(28)21(32)30(16)14-4-2-3-13(6-14)19-24-26-27-25-19/h2-4,6,12,15-18H,5,7,9-11,23H2,1H3,(H,24,25,26,27)/t12?,15?,16-,17?,18?/m0/s1. The van der Waals surface area contributed by atoms with E-state index in [1.54, 1.807) is 4.90 Å². The largest absolute Gasteiger partial charge is 0.325 e. The van der Waals surface area contributed by atoms with Crippen LogP contribution in [-0.2, 0) is 9.59 Å². The van der Waals surface area contributed by atoms with E-state index >= 15 is 0 Å². The van der Waals surface area contributed by atoms with Crippen molar-refractivity contribution in [1.29, 1.82) is 5.26 Å². The molecular weight excluding hydrogens is 410 g/mol. The molecule has 2 amide bonds. The molecule has 0 radical (unpaired) electrons. The van der Waals surface area contributed by atoms with Crippen molar-refractivity contribution in [2.24, 2.45) is 11.7 Å². The fraction of sp³-hybridized carbons (Fsp3) is 0.524. The highest BCUT2D eigenvalue weighted by Gasteiger charge is 2.51. The number of amides is 2. The Morgan fingerprint density at radius 3 is 2.94 bits per heavy atom. The van der Waals surface area contributed by atoms with Crippen LogP contribution in [0.4, 0.5) is 5.69 Å². The predicted octanol–water partition coefficient (Wildman–Crippen LogP) is -0.256. The first kappa shape index (κ1) is 20.5. The van der Waals surface area contributed by atoms with Gasteiger partial charge >= 0.3 is 0 Å². The van der Waals surface area contributed by atoms with Crippen LogP contribution in [0.1, 0.15) is 19.8 Å². The fourth-order valence-electron chi connectivity index (χ4n) is 5.24. The Bertz CT molecular complexity index is 1070. The minimum absolute atomic E-state index is 0.0101. The molecule has 1 aromatic heterocycles. The number of benzene rings is 1. The van der Waals surface area contributed by atoms with E-state index in [0.717, 1.165) is 11.3 Å². The van der Waals surface area contributed by atoms with Crippen molar-refractivity contribution < 1.29 is 9.59 Å². The van der Waals surface area contributed by atoms with Gasteiger partial charge in [0.05, 0.1) is 24.2 Å². The zero-order valence-corrected chi connectivity index (χ0v) is 17.8. The molecule has 3 fully saturated rings. The van der Waals surface area contributed by atoms with Gasteiger partial charge in [0.25, 0.3) is 0 Å². The molecule has 0 aliphatic carbocycles. The lowest BCUT2D eigenvalue weighted by Gasteiger charge is -2.35. The number of piperazine rings is 1. The highest BCUT2D eigenvalue weighted by molar-refractivity contribution is 6.01. The summed E-state index contributed by atoms with van der Waals surface area (Å²) in [4.78, 5) is 31.5. The van der Waals surface area contributed by atoms with Crippen LogP contribution in [0.3, 0.4) is 0 Å². The molecule has 4 unspecified atom stereocenters. The molecule has 3 aliphatic rings. The lowest BCUT2D eigenvalue weighted by atomic mass is 10.1. The fourth-order valence-corrected chi connectivity index (χ4v) is 5.24. The third-order valence-corrected chi connectivity index (χ3v) is 6.69. The van der Waals surface area contributed by atoms with Gasteiger partial charge < -0.3 is 15.5 Å². The summed E-state index contributed by atoms with van der Waals surface area (Å²) in [5.74, 6) is 0.565. The maximum Gasteiger partial charge on any atom is 0.244 e. The zero-order chi connectivity index (χ0) is 22.4. The molecule has 2 bridgehead atoms. The number of aromatic nitrogens is 4. The summed E-state index contributed by atoms with van der Waals surface area (Å²) < 4.78 is 0. The van der Waals surface area contributed by atoms with Gasteiger partial charge in [0.2, 0.25) is 17.6 Å². The Labute approximate surface area is 185 Å². The van der Waals surface area contributed by atoms with Crippen molar-refractivity contribution in [2.45, 2.75) is 43.9 Å². The average Bonchev–Trinajstić information content (AvgIpc) is 3.57. The van der Waals surface area contributed by atoms with Crippen molar-refractivity contribution in [2.75, 3.05) is 24.5 Å². The number of tetrazole rings is 1. The number of anilines is 1. The van der Waals surface area contributed by atoms with E-state index in [4.69, 9.17) is 5.73 Å². The van der Waals surface area contributed by atoms with E-state index in [-0.39, 0.29) is 29.8 Å². The summed E-state index contributed by atoms with van der Waals surface area (Å²) in [6.07, 6.45) is 1.38. The monoisotopic (exact) mass is 435 g/mol. The molecule has 0 saturated carbocycles. The zero-order valence-electron chi connectivity index (χ0n) is 17.8. The number of hydrogen-bond donors (Lipinski definition) is 2. The smallest absolute Gasteiger partial charge is 0.244 e. The van der Waals surface area contributed by atoms with E-state index in [0.29, 0.717) is 38.3 Å². The van der Waals surface area contributed by atoms with Gasteiger partial charge in [0.1, 0.15) is 6.04 Å². The van der Waals surface area contributed by atoms with Crippen LogP contribution >= 0.6 is 0 Å². The molecule has 0 spiro atoms. The summed E-state index contributed by atoms with van der Waals surface area (Å²) in [5.41, 5.74) is 7.83. The van der Waals surface area contributed by atoms with Crippen LogP contribution < -0.4 is 10.6 Å². The number of rotatable bonds is 5. The Morgan fingerprint density at radius 1 is 1.38 bits per heavy atom. The van der Waals surface area contributed by atoms with E-state index in [1.807, 2.05) is 41.0 Å². The van der Waals surface area contributed by atoms with Crippen molar-refractivity contribution >= 4 is 17.5 Å². The van der Waals surface area contributed by atoms with Gasteiger partial charge in [-0.15, -0.1) is 10.2 Å². The molecular formula is C21H25N9O2. The van der Waals surface area contributed by atoms with Crippen LogP contribution in [0.15, 0.2) is 24.3 Å². The number of H-pyrrole nitrogens is 1. The second kappa shape index (κ2) is 7.96. The second-order valence-electron chi connectivity index (χ2n) is 8.94. The molecule has 1 aromatic carbocycles. The minimum atomic E-state index is -0.752. The molecule has 166 valence electrons. The number of carbonyl (C=O) groups is 2. The third kappa shape index (κ3) is 3.41. The molecule has 5 atom stereocenters. The van der Waals surface area contributed by atoms with Crippen LogP contribution in [0.5, 0.6) is 0 Å². The first-order chi connectivity index (χ1) is 15.5. The molecule has 3 N–H and O–H groups in total. The van der Waals surface area contributed by atoms with Crippen LogP contribution in [0.2, 0.25) is 0 Å². The first-order valence-electron chi connectivity index (χ1n) is 10.8. The molecule has 11 heteroatoms. The lowest BCUT2D eigenvalue weighted by molar-refractivity contribution is -0.134. The first-order valence-corrected chi connectivity index (χ1v) is 10.8. The van der Waals surface area contributed by atoms with Gasteiger partial charge in [-0.25, -0.2) is 0 Å².